The molecule has 3 atom stereocenters. The molecule has 1 saturated heterocycles. The van der Waals surface area contributed by atoms with Crippen LogP contribution in [0, 0.1) is 11.8 Å². The van der Waals surface area contributed by atoms with Gasteiger partial charge in [0.05, 0.1) is 0 Å². The van der Waals surface area contributed by atoms with E-state index in [-0.39, 0.29) is 6.04 Å². The summed E-state index contributed by atoms with van der Waals surface area (Å²) >= 11 is 0. The highest BCUT2D eigenvalue weighted by atomic mass is 16.4. The smallest absolute Gasteiger partial charge is 0.320 e. The molecule has 3 heteroatoms. The Hall–Kier alpha value is -0.570. The number of likely N-dealkylation sites (tertiary alicyclic amines) is 1. The van der Waals surface area contributed by atoms with Gasteiger partial charge >= 0.3 is 5.97 Å². The van der Waals surface area contributed by atoms with E-state index in [0.717, 1.165) is 12.3 Å². The van der Waals surface area contributed by atoms with Crippen LogP contribution in [0.15, 0.2) is 0 Å². The molecule has 2 saturated carbocycles. The van der Waals surface area contributed by atoms with E-state index in [1.165, 1.54) is 64.2 Å². The van der Waals surface area contributed by atoms with Crippen LogP contribution < -0.4 is 0 Å². The highest BCUT2D eigenvalue weighted by Crippen LogP contribution is 2.44. The molecule has 0 spiro atoms. The average Bonchev–Trinajstić information content (AvgIpc) is 2.88. The lowest BCUT2D eigenvalue weighted by molar-refractivity contribution is -0.144. The highest BCUT2D eigenvalue weighted by Gasteiger charge is 2.48. The normalized spacial score (nSPS) is 40.9. The van der Waals surface area contributed by atoms with Gasteiger partial charge in [-0.25, -0.2) is 0 Å². The third kappa shape index (κ3) is 3.13. The first kappa shape index (κ1) is 15.3. The molecule has 3 fully saturated rings. The van der Waals surface area contributed by atoms with Crippen LogP contribution in [-0.2, 0) is 4.79 Å². The van der Waals surface area contributed by atoms with Crippen molar-refractivity contribution >= 4 is 5.97 Å². The van der Waals surface area contributed by atoms with E-state index in [1.54, 1.807) is 0 Å². The maximum atomic E-state index is 11.7. The van der Waals surface area contributed by atoms with Crippen LogP contribution in [0.2, 0.25) is 0 Å². The number of aliphatic carboxylic acids is 1. The fraction of sp³-hybridized carbons (Fsp3) is 0.944. The number of hydrogen-bond donors (Lipinski definition) is 1. The number of carboxylic acids is 1. The molecule has 3 unspecified atom stereocenters. The molecule has 21 heavy (non-hydrogen) atoms. The third-order valence-corrected chi connectivity index (χ3v) is 6.36. The summed E-state index contributed by atoms with van der Waals surface area (Å²) < 4.78 is 0. The van der Waals surface area contributed by atoms with E-state index in [9.17, 15) is 9.90 Å². The topological polar surface area (TPSA) is 40.5 Å². The van der Waals surface area contributed by atoms with E-state index in [2.05, 4.69) is 11.8 Å². The summed E-state index contributed by atoms with van der Waals surface area (Å²) in [6.45, 7) is 2.28. The molecule has 2 aliphatic carbocycles. The lowest BCUT2D eigenvalue weighted by Crippen LogP contribution is -2.49. The number of hydrogen-bond acceptors (Lipinski definition) is 2. The van der Waals surface area contributed by atoms with Crippen molar-refractivity contribution < 1.29 is 9.90 Å². The predicted octanol–water partition coefficient (Wildman–Crippen LogP) is 4.06. The molecule has 0 aromatic carbocycles. The van der Waals surface area contributed by atoms with E-state index >= 15 is 0 Å². The van der Waals surface area contributed by atoms with E-state index in [1.807, 2.05) is 0 Å². The molecule has 1 heterocycles. The van der Waals surface area contributed by atoms with Crippen LogP contribution in [0.4, 0.5) is 0 Å². The van der Waals surface area contributed by atoms with Gasteiger partial charge in [-0.3, -0.25) is 9.69 Å². The Morgan fingerprint density at radius 3 is 2.48 bits per heavy atom. The molecule has 120 valence electrons. The second-order valence-electron chi connectivity index (χ2n) is 7.61. The Labute approximate surface area is 129 Å². The van der Waals surface area contributed by atoms with Gasteiger partial charge in [0.25, 0.3) is 0 Å². The van der Waals surface area contributed by atoms with Gasteiger partial charge in [0.15, 0.2) is 0 Å². The molecule has 0 radical (unpaired) electrons. The molecule has 0 aromatic heterocycles. The number of carbonyl (C=O) groups is 1. The summed E-state index contributed by atoms with van der Waals surface area (Å²) in [5.74, 6) is 0.993. The van der Waals surface area contributed by atoms with E-state index < -0.39 is 5.97 Å². The Morgan fingerprint density at radius 2 is 1.81 bits per heavy atom. The van der Waals surface area contributed by atoms with Crippen LogP contribution in [-0.4, -0.2) is 34.1 Å². The fourth-order valence-electron chi connectivity index (χ4n) is 5.39. The van der Waals surface area contributed by atoms with E-state index in [0.29, 0.717) is 18.0 Å². The fourth-order valence-corrected chi connectivity index (χ4v) is 5.39. The zero-order valence-corrected chi connectivity index (χ0v) is 13.5. The molecule has 1 aliphatic heterocycles. The maximum Gasteiger partial charge on any atom is 0.320 e. The highest BCUT2D eigenvalue weighted by molar-refractivity contribution is 5.74. The molecule has 1 N–H and O–H groups in total. The van der Waals surface area contributed by atoms with Gasteiger partial charge in [-0.15, -0.1) is 0 Å². The van der Waals surface area contributed by atoms with Gasteiger partial charge in [-0.05, 0) is 56.8 Å². The number of carboxylic acid groups (broad SMARTS) is 1. The lowest BCUT2D eigenvalue weighted by Gasteiger charge is -2.42. The minimum absolute atomic E-state index is 0.189. The van der Waals surface area contributed by atoms with Crippen LogP contribution in [0.3, 0.4) is 0 Å². The van der Waals surface area contributed by atoms with Gasteiger partial charge in [-0.1, -0.05) is 32.6 Å². The van der Waals surface area contributed by atoms with Crippen molar-refractivity contribution in [3.8, 4) is 0 Å². The zero-order valence-electron chi connectivity index (χ0n) is 13.5. The van der Waals surface area contributed by atoms with Gasteiger partial charge in [0, 0.05) is 12.1 Å². The number of fused-ring (bicyclic) bond motifs is 1. The summed E-state index contributed by atoms with van der Waals surface area (Å²) in [6, 6.07) is 0.936. The Balaban J connectivity index is 1.68. The summed E-state index contributed by atoms with van der Waals surface area (Å²) in [7, 11) is 0. The standard InChI is InChI=1S/C18H31NO2/c1-2-5-13-8-10-15(11-9-13)19-16-7-4-3-6-14(16)12-17(19)18(20)21/h13-17H,2-12H2,1H3,(H,20,21). The van der Waals surface area contributed by atoms with Crippen LogP contribution in [0.25, 0.3) is 0 Å². The monoisotopic (exact) mass is 293 g/mol. The lowest BCUT2D eigenvalue weighted by atomic mass is 9.81. The van der Waals surface area contributed by atoms with Crippen molar-refractivity contribution in [2.75, 3.05) is 0 Å². The molecule has 0 amide bonds. The first-order valence-corrected chi connectivity index (χ1v) is 9.21. The average molecular weight is 293 g/mol. The first-order chi connectivity index (χ1) is 10.2. The molecular formula is C18H31NO2. The Kier molecular flexibility index (Phi) is 4.88. The van der Waals surface area contributed by atoms with Crippen molar-refractivity contribution in [3.05, 3.63) is 0 Å². The van der Waals surface area contributed by atoms with Crippen LogP contribution in [0.5, 0.6) is 0 Å². The quantitative estimate of drug-likeness (QED) is 0.849. The van der Waals surface area contributed by atoms with Crippen molar-refractivity contribution in [2.45, 2.75) is 95.7 Å². The summed E-state index contributed by atoms with van der Waals surface area (Å²) in [6.07, 6.45) is 13.8. The SMILES string of the molecule is CCCC1CCC(N2C(C(=O)O)CC3CCCCC32)CC1. The molecule has 3 rings (SSSR count). The summed E-state index contributed by atoms with van der Waals surface area (Å²) in [5.41, 5.74) is 0. The minimum Gasteiger partial charge on any atom is -0.480 e. The van der Waals surface area contributed by atoms with Crippen molar-refractivity contribution in [1.82, 2.24) is 4.90 Å². The van der Waals surface area contributed by atoms with Crippen LogP contribution >= 0.6 is 0 Å². The van der Waals surface area contributed by atoms with Crippen molar-refractivity contribution in [3.63, 3.8) is 0 Å². The second kappa shape index (κ2) is 6.68. The number of nitrogens with zero attached hydrogens (tertiary/aromatic N) is 1. The van der Waals surface area contributed by atoms with Crippen molar-refractivity contribution in [2.24, 2.45) is 11.8 Å². The molecule has 0 bridgehead atoms. The second-order valence-corrected chi connectivity index (χ2v) is 7.61. The third-order valence-electron chi connectivity index (χ3n) is 6.36. The molecule has 0 aromatic rings. The first-order valence-electron chi connectivity index (χ1n) is 9.21. The maximum absolute atomic E-state index is 11.7. The van der Waals surface area contributed by atoms with E-state index in [4.69, 9.17) is 0 Å². The van der Waals surface area contributed by atoms with Gasteiger partial charge < -0.3 is 5.11 Å². The van der Waals surface area contributed by atoms with Crippen LogP contribution in [0.1, 0.15) is 77.6 Å². The Morgan fingerprint density at radius 1 is 1.10 bits per heavy atom. The number of rotatable bonds is 4. The zero-order chi connectivity index (χ0) is 14.8. The molecule has 3 nitrogen and oxygen atoms in total. The van der Waals surface area contributed by atoms with Gasteiger partial charge in [-0.2, -0.15) is 0 Å². The largest absolute Gasteiger partial charge is 0.480 e. The van der Waals surface area contributed by atoms with Gasteiger partial charge in [0.2, 0.25) is 0 Å². The molecular weight excluding hydrogens is 262 g/mol. The predicted molar refractivity (Wildman–Crippen MR) is 84.3 cm³/mol. The molecule has 3 aliphatic rings. The summed E-state index contributed by atoms with van der Waals surface area (Å²) in [5, 5.41) is 9.66. The van der Waals surface area contributed by atoms with Gasteiger partial charge in [0.1, 0.15) is 6.04 Å². The van der Waals surface area contributed by atoms with Crippen molar-refractivity contribution in [1.29, 1.82) is 0 Å². The Bertz CT molecular complexity index is 362. The minimum atomic E-state index is -0.569. The summed E-state index contributed by atoms with van der Waals surface area (Å²) in [4.78, 5) is 14.2.